The van der Waals surface area contributed by atoms with Crippen LogP contribution in [-0.4, -0.2) is 11.3 Å². The van der Waals surface area contributed by atoms with E-state index in [0.29, 0.717) is 5.56 Å². The Morgan fingerprint density at radius 3 is 2.27 bits per heavy atom. The molecular formula is C12H16FNO. The molecule has 0 atom stereocenters. The van der Waals surface area contributed by atoms with Crippen LogP contribution in [0, 0.1) is 19.7 Å². The highest BCUT2D eigenvalue weighted by molar-refractivity contribution is 6.03. The minimum atomic E-state index is -1.04. The average Bonchev–Trinajstić information content (AvgIpc) is 1.99. The van der Waals surface area contributed by atoms with Crippen molar-refractivity contribution in [1.29, 1.82) is 0 Å². The van der Waals surface area contributed by atoms with E-state index in [-0.39, 0.29) is 11.3 Å². The van der Waals surface area contributed by atoms with Crippen molar-refractivity contribution >= 4 is 5.78 Å². The van der Waals surface area contributed by atoms with Gasteiger partial charge in [0, 0.05) is 0 Å². The molecule has 0 saturated heterocycles. The summed E-state index contributed by atoms with van der Waals surface area (Å²) in [6.07, 6.45) is 0. The van der Waals surface area contributed by atoms with Crippen LogP contribution in [0.1, 0.15) is 35.3 Å². The number of rotatable bonds is 2. The van der Waals surface area contributed by atoms with Crippen LogP contribution in [0.15, 0.2) is 12.1 Å². The van der Waals surface area contributed by atoms with Gasteiger partial charge in [-0.25, -0.2) is 4.39 Å². The van der Waals surface area contributed by atoms with Gasteiger partial charge >= 0.3 is 0 Å². The van der Waals surface area contributed by atoms with Gasteiger partial charge in [-0.3, -0.25) is 4.79 Å². The molecule has 0 saturated carbocycles. The molecule has 0 radical (unpaired) electrons. The molecule has 1 rings (SSSR count). The first-order valence-electron chi connectivity index (χ1n) is 4.84. The molecule has 0 aliphatic heterocycles. The van der Waals surface area contributed by atoms with Gasteiger partial charge in [0.05, 0.1) is 11.1 Å². The lowest BCUT2D eigenvalue weighted by atomic mass is 9.90. The predicted molar refractivity (Wildman–Crippen MR) is 58.5 cm³/mol. The summed E-state index contributed by atoms with van der Waals surface area (Å²) in [5.74, 6) is -0.853. The molecule has 0 aliphatic rings. The molecule has 15 heavy (non-hydrogen) atoms. The molecule has 0 heterocycles. The third-order valence-corrected chi connectivity index (χ3v) is 2.24. The lowest BCUT2D eigenvalue weighted by Crippen LogP contribution is -2.42. The first-order chi connectivity index (χ1) is 6.73. The quantitative estimate of drug-likeness (QED) is 0.760. The van der Waals surface area contributed by atoms with Gasteiger partial charge in [0.1, 0.15) is 5.82 Å². The van der Waals surface area contributed by atoms with E-state index < -0.39 is 11.4 Å². The van der Waals surface area contributed by atoms with Crippen LogP contribution in [0.2, 0.25) is 0 Å². The molecule has 2 nitrogen and oxygen atoms in total. The summed E-state index contributed by atoms with van der Waals surface area (Å²) >= 11 is 0. The van der Waals surface area contributed by atoms with Gasteiger partial charge in [0.2, 0.25) is 0 Å². The van der Waals surface area contributed by atoms with Crippen LogP contribution in [0.4, 0.5) is 4.39 Å². The van der Waals surface area contributed by atoms with E-state index in [2.05, 4.69) is 0 Å². The van der Waals surface area contributed by atoms with Gasteiger partial charge in [0.15, 0.2) is 5.78 Å². The number of aryl methyl sites for hydroxylation is 2. The highest BCUT2D eigenvalue weighted by Crippen LogP contribution is 2.20. The zero-order valence-electron chi connectivity index (χ0n) is 9.52. The predicted octanol–water partition coefficient (Wildman–Crippen LogP) is 2.36. The second kappa shape index (κ2) is 3.74. The molecule has 2 N–H and O–H groups in total. The molecule has 0 spiro atoms. The number of hydrogen-bond acceptors (Lipinski definition) is 2. The number of ketones is 1. The van der Waals surface area contributed by atoms with Gasteiger partial charge in [0.25, 0.3) is 0 Å². The Morgan fingerprint density at radius 1 is 1.33 bits per heavy atom. The number of carbonyl (C=O) groups excluding carboxylic acids is 1. The summed E-state index contributed by atoms with van der Waals surface area (Å²) < 4.78 is 13.6. The maximum Gasteiger partial charge on any atom is 0.185 e. The number of hydrogen-bond donors (Lipinski definition) is 1. The van der Waals surface area contributed by atoms with Gasteiger partial charge in [-0.05, 0) is 44.9 Å². The third-order valence-electron chi connectivity index (χ3n) is 2.24. The summed E-state index contributed by atoms with van der Waals surface area (Å²) in [6.45, 7) is 6.66. The number of nitrogens with two attached hydrogens (primary N) is 1. The number of Topliss-reactive ketones (excluding diaryl/α,β-unsaturated/α-hetero) is 1. The molecule has 82 valence electrons. The molecule has 0 fully saturated rings. The van der Waals surface area contributed by atoms with Gasteiger partial charge in [-0.1, -0.05) is 6.07 Å². The van der Waals surface area contributed by atoms with Gasteiger partial charge < -0.3 is 5.73 Å². The van der Waals surface area contributed by atoms with Crippen LogP contribution in [0.5, 0.6) is 0 Å². The first-order valence-corrected chi connectivity index (χ1v) is 4.84. The minimum absolute atomic E-state index is 0.105. The van der Waals surface area contributed by atoms with Crippen molar-refractivity contribution in [3.8, 4) is 0 Å². The molecule has 0 aromatic heterocycles. The van der Waals surface area contributed by atoms with E-state index in [9.17, 15) is 9.18 Å². The van der Waals surface area contributed by atoms with Crippen molar-refractivity contribution in [2.24, 2.45) is 5.73 Å². The van der Waals surface area contributed by atoms with Crippen LogP contribution >= 0.6 is 0 Å². The summed E-state index contributed by atoms with van der Waals surface area (Å²) in [6, 6.07) is 3.13. The fourth-order valence-electron chi connectivity index (χ4n) is 1.53. The van der Waals surface area contributed by atoms with E-state index in [4.69, 9.17) is 5.73 Å². The Bertz CT molecular complexity index is 382. The number of halogens is 1. The van der Waals surface area contributed by atoms with Crippen molar-refractivity contribution in [1.82, 2.24) is 0 Å². The summed E-state index contributed by atoms with van der Waals surface area (Å²) in [5.41, 5.74) is 6.17. The second-order valence-electron chi connectivity index (χ2n) is 4.49. The van der Waals surface area contributed by atoms with Crippen LogP contribution in [-0.2, 0) is 0 Å². The topological polar surface area (TPSA) is 43.1 Å². The minimum Gasteiger partial charge on any atom is -0.319 e. The van der Waals surface area contributed by atoms with E-state index >= 15 is 0 Å². The largest absolute Gasteiger partial charge is 0.319 e. The third kappa shape index (κ3) is 2.42. The van der Waals surface area contributed by atoms with Crippen molar-refractivity contribution in [3.05, 3.63) is 34.6 Å². The summed E-state index contributed by atoms with van der Waals surface area (Å²) in [7, 11) is 0. The number of benzene rings is 1. The second-order valence-corrected chi connectivity index (χ2v) is 4.49. The monoisotopic (exact) mass is 209 g/mol. The van der Waals surface area contributed by atoms with E-state index in [0.717, 1.165) is 5.56 Å². The Hall–Kier alpha value is -1.22. The fourth-order valence-corrected chi connectivity index (χ4v) is 1.53. The van der Waals surface area contributed by atoms with Crippen molar-refractivity contribution in [3.63, 3.8) is 0 Å². The molecule has 0 unspecified atom stereocenters. The highest BCUT2D eigenvalue weighted by Gasteiger charge is 2.27. The molecule has 1 aromatic rings. The molecule has 3 heteroatoms. The highest BCUT2D eigenvalue weighted by atomic mass is 19.1. The number of carbonyl (C=O) groups is 1. The standard InChI is InChI=1S/C12H16FNO/c1-7-5-8(2)10(9(13)6-7)11(15)12(3,4)14/h5-6H,14H2,1-4H3. The normalized spacial score (nSPS) is 11.6. The summed E-state index contributed by atoms with van der Waals surface area (Å²) in [5, 5.41) is 0. The smallest absolute Gasteiger partial charge is 0.185 e. The Morgan fingerprint density at radius 2 is 1.87 bits per heavy atom. The molecule has 0 bridgehead atoms. The van der Waals surface area contributed by atoms with Gasteiger partial charge in [-0.15, -0.1) is 0 Å². The van der Waals surface area contributed by atoms with E-state index in [1.807, 2.05) is 0 Å². The first kappa shape index (κ1) is 11.9. The van der Waals surface area contributed by atoms with Crippen LogP contribution in [0.25, 0.3) is 0 Å². The van der Waals surface area contributed by atoms with Crippen molar-refractivity contribution in [2.45, 2.75) is 33.2 Å². The lowest BCUT2D eigenvalue weighted by Gasteiger charge is -2.19. The summed E-state index contributed by atoms with van der Waals surface area (Å²) in [4.78, 5) is 11.9. The molecule has 0 amide bonds. The lowest BCUT2D eigenvalue weighted by molar-refractivity contribution is 0.0908. The fraction of sp³-hybridized carbons (Fsp3) is 0.417. The Balaban J connectivity index is 3.33. The average molecular weight is 209 g/mol. The zero-order valence-corrected chi connectivity index (χ0v) is 9.52. The van der Waals surface area contributed by atoms with Crippen molar-refractivity contribution in [2.75, 3.05) is 0 Å². The van der Waals surface area contributed by atoms with Crippen LogP contribution < -0.4 is 5.73 Å². The van der Waals surface area contributed by atoms with Gasteiger partial charge in [-0.2, -0.15) is 0 Å². The Kier molecular flexibility index (Phi) is 2.95. The zero-order chi connectivity index (χ0) is 11.8. The van der Waals surface area contributed by atoms with Crippen molar-refractivity contribution < 1.29 is 9.18 Å². The Labute approximate surface area is 89.3 Å². The van der Waals surface area contributed by atoms with E-state index in [1.165, 1.54) is 6.07 Å². The SMILES string of the molecule is Cc1cc(C)c(C(=O)C(C)(C)N)c(F)c1. The maximum absolute atomic E-state index is 13.6. The maximum atomic E-state index is 13.6. The molecular weight excluding hydrogens is 193 g/mol. The molecule has 0 aliphatic carbocycles. The van der Waals surface area contributed by atoms with E-state index in [1.54, 1.807) is 33.8 Å². The van der Waals surface area contributed by atoms with Crippen LogP contribution in [0.3, 0.4) is 0 Å². The molecule has 1 aromatic carbocycles.